The first-order valence-electron chi connectivity index (χ1n) is 5.67. The van der Waals surface area contributed by atoms with Crippen molar-refractivity contribution in [1.82, 2.24) is 9.97 Å². The summed E-state index contributed by atoms with van der Waals surface area (Å²) in [4.78, 5) is 19.8. The molecule has 1 aliphatic rings. The smallest absolute Gasteiger partial charge is 0.348 e. The summed E-state index contributed by atoms with van der Waals surface area (Å²) in [7, 11) is 0. The molecule has 1 saturated carbocycles. The Hall–Kier alpha value is -1.47. The average molecular weight is 273 g/mol. The maximum absolute atomic E-state index is 11.0. The van der Waals surface area contributed by atoms with Gasteiger partial charge in [0.15, 0.2) is 0 Å². The quantitative estimate of drug-likeness (QED) is 0.495. The topological polar surface area (TPSA) is 92.4 Å². The van der Waals surface area contributed by atoms with Crippen LogP contribution in [0, 0.1) is 10.1 Å². The van der Waals surface area contributed by atoms with Crippen molar-refractivity contribution in [3.63, 3.8) is 0 Å². The molecule has 1 heterocycles. The van der Waals surface area contributed by atoms with Crippen LogP contribution in [0.25, 0.3) is 0 Å². The molecule has 0 saturated heterocycles. The van der Waals surface area contributed by atoms with E-state index in [1.165, 1.54) is 6.33 Å². The Bertz CT molecular complexity index is 453. The van der Waals surface area contributed by atoms with E-state index in [0.717, 1.165) is 19.3 Å². The maximum Gasteiger partial charge on any atom is 0.348 e. The predicted octanol–water partition coefficient (Wildman–Crippen LogP) is 1.39. The van der Waals surface area contributed by atoms with E-state index in [2.05, 4.69) is 9.97 Å². The summed E-state index contributed by atoms with van der Waals surface area (Å²) in [6, 6.07) is 0.182. The van der Waals surface area contributed by atoms with Crippen LogP contribution in [-0.2, 0) is 0 Å². The van der Waals surface area contributed by atoms with Crippen LogP contribution in [0.1, 0.15) is 19.3 Å². The van der Waals surface area contributed by atoms with E-state index in [0.29, 0.717) is 6.54 Å². The van der Waals surface area contributed by atoms with Crippen LogP contribution in [0.2, 0.25) is 5.15 Å². The molecule has 0 spiro atoms. The van der Waals surface area contributed by atoms with Crippen molar-refractivity contribution in [3.8, 4) is 0 Å². The minimum Gasteiger partial charge on any atom is -0.395 e. The highest BCUT2D eigenvalue weighted by Gasteiger charge is 2.32. The minimum atomic E-state index is -0.583. The molecule has 0 atom stereocenters. The minimum absolute atomic E-state index is 0.0880. The van der Waals surface area contributed by atoms with Crippen LogP contribution >= 0.6 is 11.6 Å². The van der Waals surface area contributed by atoms with Crippen LogP contribution in [-0.4, -0.2) is 39.2 Å². The van der Waals surface area contributed by atoms with Gasteiger partial charge in [-0.05, 0) is 19.3 Å². The van der Waals surface area contributed by atoms with Crippen molar-refractivity contribution in [1.29, 1.82) is 0 Å². The van der Waals surface area contributed by atoms with Crippen molar-refractivity contribution in [2.45, 2.75) is 25.3 Å². The third kappa shape index (κ3) is 2.37. The summed E-state index contributed by atoms with van der Waals surface area (Å²) in [5.41, 5.74) is -0.292. The molecule has 0 amide bonds. The number of hydrogen-bond donors (Lipinski definition) is 1. The van der Waals surface area contributed by atoms with Crippen LogP contribution in [0.5, 0.6) is 0 Å². The molecule has 0 bridgehead atoms. The Balaban J connectivity index is 2.39. The molecular formula is C10H13ClN4O3. The molecule has 1 aliphatic carbocycles. The molecule has 1 aromatic heterocycles. The van der Waals surface area contributed by atoms with Crippen molar-refractivity contribution >= 4 is 23.1 Å². The summed E-state index contributed by atoms with van der Waals surface area (Å²) in [6.45, 7) is 0.216. The summed E-state index contributed by atoms with van der Waals surface area (Å²) in [5.74, 6) is 0.193. The maximum atomic E-state index is 11.0. The first-order chi connectivity index (χ1) is 8.65. The van der Waals surface area contributed by atoms with Gasteiger partial charge in [0.25, 0.3) is 0 Å². The van der Waals surface area contributed by atoms with E-state index >= 15 is 0 Å². The molecule has 8 heteroatoms. The third-order valence-corrected chi connectivity index (χ3v) is 3.35. The predicted molar refractivity (Wildman–Crippen MR) is 65.8 cm³/mol. The molecule has 18 heavy (non-hydrogen) atoms. The van der Waals surface area contributed by atoms with Gasteiger partial charge in [0.1, 0.15) is 6.33 Å². The van der Waals surface area contributed by atoms with Gasteiger partial charge in [-0.25, -0.2) is 9.97 Å². The zero-order chi connectivity index (χ0) is 13.1. The summed E-state index contributed by atoms with van der Waals surface area (Å²) in [6.07, 6.45) is 4.17. The molecule has 0 radical (unpaired) electrons. The largest absolute Gasteiger partial charge is 0.395 e. The van der Waals surface area contributed by atoms with Crippen LogP contribution in [0.4, 0.5) is 11.5 Å². The fourth-order valence-electron chi connectivity index (χ4n) is 1.98. The summed E-state index contributed by atoms with van der Waals surface area (Å²) in [5, 5.41) is 19.9. The lowest BCUT2D eigenvalue weighted by Crippen LogP contribution is -2.42. The molecular weight excluding hydrogens is 260 g/mol. The molecule has 1 N–H and O–H groups in total. The SMILES string of the molecule is O=[N+]([O-])c1c(Cl)ncnc1N(CCO)C1CCC1. The Morgan fingerprint density at radius 3 is 2.78 bits per heavy atom. The lowest BCUT2D eigenvalue weighted by Gasteiger charge is -2.37. The number of anilines is 1. The van der Waals surface area contributed by atoms with E-state index in [9.17, 15) is 10.1 Å². The standard InChI is InChI=1S/C10H13ClN4O3/c11-9-8(15(17)18)10(13-6-12-9)14(4-5-16)7-2-1-3-7/h6-7,16H,1-5H2. The number of hydrogen-bond acceptors (Lipinski definition) is 6. The molecule has 1 fully saturated rings. The van der Waals surface area contributed by atoms with E-state index in [1.807, 2.05) is 0 Å². The highest BCUT2D eigenvalue weighted by atomic mass is 35.5. The van der Waals surface area contributed by atoms with Crippen molar-refractivity contribution in [3.05, 3.63) is 21.6 Å². The molecule has 0 aromatic carbocycles. The van der Waals surface area contributed by atoms with E-state index in [1.54, 1.807) is 4.90 Å². The van der Waals surface area contributed by atoms with Gasteiger partial charge in [0.05, 0.1) is 11.5 Å². The van der Waals surface area contributed by atoms with Crippen molar-refractivity contribution in [2.24, 2.45) is 0 Å². The highest BCUT2D eigenvalue weighted by molar-refractivity contribution is 6.31. The second kappa shape index (κ2) is 5.45. The average Bonchev–Trinajstić information content (AvgIpc) is 2.25. The first-order valence-corrected chi connectivity index (χ1v) is 6.05. The molecule has 2 rings (SSSR count). The van der Waals surface area contributed by atoms with Gasteiger partial charge in [-0.2, -0.15) is 0 Å². The second-order valence-electron chi connectivity index (χ2n) is 4.10. The first kappa shape index (κ1) is 13.0. The van der Waals surface area contributed by atoms with Crippen molar-refractivity contribution in [2.75, 3.05) is 18.1 Å². The van der Waals surface area contributed by atoms with Gasteiger partial charge in [-0.15, -0.1) is 0 Å². The van der Waals surface area contributed by atoms with E-state index < -0.39 is 4.92 Å². The molecule has 98 valence electrons. The lowest BCUT2D eigenvalue weighted by atomic mass is 9.91. The number of aromatic nitrogens is 2. The number of aliphatic hydroxyl groups excluding tert-OH is 1. The zero-order valence-electron chi connectivity index (χ0n) is 9.62. The van der Waals surface area contributed by atoms with Crippen LogP contribution in [0.15, 0.2) is 6.33 Å². The number of halogens is 1. The van der Waals surface area contributed by atoms with Crippen LogP contribution < -0.4 is 4.90 Å². The fraction of sp³-hybridized carbons (Fsp3) is 0.600. The number of aliphatic hydroxyl groups is 1. The van der Waals surface area contributed by atoms with E-state index in [4.69, 9.17) is 16.7 Å². The third-order valence-electron chi connectivity index (χ3n) is 3.07. The van der Waals surface area contributed by atoms with Gasteiger partial charge < -0.3 is 10.0 Å². The Morgan fingerprint density at radius 1 is 1.56 bits per heavy atom. The number of nitrogens with zero attached hydrogens (tertiary/aromatic N) is 4. The van der Waals surface area contributed by atoms with Gasteiger partial charge in [0.2, 0.25) is 11.0 Å². The van der Waals surface area contributed by atoms with Gasteiger partial charge >= 0.3 is 5.69 Å². The lowest BCUT2D eigenvalue weighted by molar-refractivity contribution is -0.384. The Labute approximate surface area is 109 Å². The zero-order valence-corrected chi connectivity index (χ0v) is 10.4. The van der Waals surface area contributed by atoms with E-state index in [-0.39, 0.29) is 29.3 Å². The Morgan fingerprint density at radius 2 is 2.28 bits per heavy atom. The highest BCUT2D eigenvalue weighted by Crippen LogP contribution is 2.36. The molecule has 7 nitrogen and oxygen atoms in total. The van der Waals surface area contributed by atoms with Gasteiger partial charge in [-0.3, -0.25) is 10.1 Å². The number of rotatable bonds is 5. The van der Waals surface area contributed by atoms with Gasteiger partial charge in [0, 0.05) is 12.6 Å². The van der Waals surface area contributed by atoms with Crippen LogP contribution in [0.3, 0.4) is 0 Å². The summed E-state index contributed by atoms with van der Waals surface area (Å²) >= 11 is 5.75. The monoisotopic (exact) mass is 272 g/mol. The Kier molecular flexibility index (Phi) is 3.93. The molecule has 0 unspecified atom stereocenters. The normalized spacial score (nSPS) is 15.2. The number of nitro groups is 1. The summed E-state index contributed by atoms with van der Waals surface area (Å²) < 4.78 is 0. The van der Waals surface area contributed by atoms with Gasteiger partial charge in [-0.1, -0.05) is 11.6 Å². The van der Waals surface area contributed by atoms with Crippen molar-refractivity contribution < 1.29 is 10.0 Å². The molecule has 1 aromatic rings. The fourth-order valence-corrected chi connectivity index (χ4v) is 2.18. The molecule has 0 aliphatic heterocycles. The second-order valence-corrected chi connectivity index (χ2v) is 4.45.